The maximum Gasteiger partial charge on any atom is 0.326 e. The zero-order chi connectivity index (χ0) is 15.6. The number of rotatable bonds is 3. The number of amides is 2. The SMILES string of the molecule is CN1CCC(C)(CNC(=O)N2C[C@H](O)C[C@@H]2C(=O)O)CC1. The minimum Gasteiger partial charge on any atom is -0.480 e. The minimum atomic E-state index is -1.06. The van der Waals surface area contributed by atoms with Gasteiger partial charge in [-0.1, -0.05) is 6.92 Å². The van der Waals surface area contributed by atoms with Crippen molar-refractivity contribution in [1.82, 2.24) is 15.1 Å². The molecule has 2 heterocycles. The van der Waals surface area contributed by atoms with E-state index in [2.05, 4.69) is 24.2 Å². The van der Waals surface area contributed by atoms with E-state index in [4.69, 9.17) is 5.11 Å². The van der Waals surface area contributed by atoms with E-state index in [1.54, 1.807) is 0 Å². The van der Waals surface area contributed by atoms with Gasteiger partial charge < -0.3 is 25.3 Å². The average Bonchev–Trinajstić information content (AvgIpc) is 2.82. The lowest BCUT2D eigenvalue weighted by atomic mass is 9.80. The molecule has 2 saturated heterocycles. The van der Waals surface area contributed by atoms with Crippen LogP contribution in [0.15, 0.2) is 0 Å². The van der Waals surface area contributed by atoms with Crippen molar-refractivity contribution in [2.75, 3.05) is 33.2 Å². The quantitative estimate of drug-likeness (QED) is 0.679. The smallest absolute Gasteiger partial charge is 0.326 e. The molecule has 0 unspecified atom stereocenters. The van der Waals surface area contributed by atoms with Crippen LogP contribution in [0.25, 0.3) is 0 Å². The van der Waals surface area contributed by atoms with E-state index in [9.17, 15) is 14.7 Å². The summed E-state index contributed by atoms with van der Waals surface area (Å²) in [5.41, 5.74) is 0.0548. The number of carbonyl (C=O) groups excluding carboxylic acids is 1. The molecule has 2 atom stereocenters. The Morgan fingerprint density at radius 3 is 2.52 bits per heavy atom. The van der Waals surface area contributed by atoms with Crippen LogP contribution in [0, 0.1) is 5.41 Å². The summed E-state index contributed by atoms with van der Waals surface area (Å²) in [6, 6.07) is -1.32. The highest BCUT2D eigenvalue weighted by Gasteiger charge is 2.39. The maximum absolute atomic E-state index is 12.2. The Bertz CT molecular complexity index is 407. The third-order valence-electron chi connectivity index (χ3n) is 4.69. The van der Waals surface area contributed by atoms with Crippen molar-refractivity contribution in [3.63, 3.8) is 0 Å². The summed E-state index contributed by atoms with van der Waals surface area (Å²) in [6.07, 6.45) is 1.37. The Labute approximate surface area is 124 Å². The first-order chi connectivity index (χ1) is 9.81. The summed E-state index contributed by atoms with van der Waals surface area (Å²) in [5, 5.41) is 21.5. The standard InChI is InChI=1S/C14H25N3O4/c1-14(3-5-16(2)6-4-14)9-15-13(21)17-8-10(18)7-11(17)12(19)20/h10-11,18H,3-9H2,1-2H3,(H,15,21)(H,19,20)/t10-,11-/m1/s1. The molecule has 0 radical (unpaired) electrons. The number of urea groups is 1. The van der Waals surface area contributed by atoms with Gasteiger partial charge in [0.25, 0.3) is 0 Å². The van der Waals surface area contributed by atoms with Crippen molar-refractivity contribution in [2.24, 2.45) is 5.41 Å². The Kier molecular flexibility index (Phi) is 4.73. The monoisotopic (exact) mass is 299 g/mol. The summed E-state index contributed by atoms with van der Waals surface area (Å²) in [7, 11) is 2.08. The molecule has 0 bridgehead atoms. The lowest BCUT2D eigenvalue weighted by Gasteiger charge is -2.38. The van der Waals surface area contributed by atoms with Gasteiger partial charge in [-0.25, -0.2) is 9.59 Å². The van der Waals surface area contributed by atoms with E-state index in [-0.39, 0.29) is 24.4 Å². The van der Waals surface area contributed by atoms with Gasteiger partial charge >= 0.3 is 12.0 Å². The van der Waals surface area contributed by atoms with Crippen LogP contribution in [0.5, 0.6) is 0 Å². The van der Waals surface area contributed by atoms with Crippen LogP contribution in [0.4, 0.5) is 4.79 Å². The van der Waals surface area contributed by atoms with Crippen LogP contribution in [-0.2, 0) is 4.79 Å². The second-order valence-electron chi connectivity index (χ2n) is 6.67. The van der Waals surface area contributed by atoms with E-state index >= 15 is 0 Å². The first kappa shape index (κ1) is 16.0. The van der Waals surface area contributed by atoms with E-state index in [1.807, 2.05) is 0 Å². The third kappa shape index (κ3) is 3.85. The molecule has 21 heavy (non-hydrogen) atoms. The Balaban J connectivity index is 1.88. The van der Waals surface area contributed by atoms with Crippen molar-refractivity contribution >= 4 is 12.0 Å². The summed E-state index contributed by atoms with van der Waals surface area (Å²) in [5.74, 6) is -1.06. The summed E-state index contributed by atoms with van der Waals surface area (Å²) >= 11 is 0. The van der Waals surface area contributed by atoms with Crippen LogP contribution in [0.3, 0.4) is 0 Å². The van der Waals surface area contributed by atoms with Gasteiger partial charge in [-0.05, 0) is 38.4 Å². The van der Waals surface area contributed by atoms with Crippen LogP contribution in [-0.4, -0.2) is 77.4 Å². The molecular weight excluding hydrogens is 274 g/mol. The van der Waals surface area contributed by atoms with Crippen molar-refractivity contribution < 1.29 is 19.8 Å². The predicted molar refractivity (Wildman–Crippen MR) is 77.0 cm³/mol. The second kappa shape index (κ2) is 6.19. The molecule has 2 aliphatic rings. The molecule has 2 aliphatic heterocycles. The number of aliphatic carboxylic acids is 1. The van der Waals surface area contributed by atoms with Crippen molar-refractivity contribution in [1.29, 1.82) is 0 Å². The van der Waals surface area contributed by atoms with Crippen molar-refractivity contribution in [3.8, 4) is 0 Å². The third-order valence-corrected chi connectivity index (χ3v) is 4.69. The molecule has 0 aromatic rings. The topological polar surface area (TPSA) is 93.1 Å². The van der Waals surface area contributed by atoms with Crippen LogP contribution in [0.2, 0.25) is 0 Å². The maximum atomic E-state index is 12.2. The van der Waals surface area contributed by atoms with Crippen LogP contribution >= 0.6 is 0 Å². The van der Waals surface area contributed by atoms with Crippen LogP contribution in [0.1, 0.15) is 26.2 Å². The minimum absolute atomic E-state index is 0.0548. The molecule has 2 rings (SSSR count). The molecule has 7 nitrogen and oxygen atoms in total. The molecule has 2 amide bonds. The number of aliphatic hydroxyl groups is 1. The first-order valence-corrected chi connectivity index (χ1v) is 7.45. The van der Waals surface area contributed by atoms with Gasteiger partial charge in [-0.15, -0.1) is 0 Å². The summed E-state index contributed by atoms with van der Waals surface area (Å²) in [6.45, 7) is 4.79. The molecule has 7 heteroatoms. The zero-order valence-corrected chi connectivity index (χ0v) is 12.7. The molecule has 120 valence electrons. The van der Waals surface area contributed by atoms with E-state index < -0.39 is 18.1 Å². The van der Waals surface area contributed by atoms with E-state index in [0.717, 1.165) is 25.9 Å². The molecule has 0 aromatic heterocycles. The fourth-order valence-corrected chi connectivity index (χ4v) is 3.00. The highest BCUT2D eigenvalue weighted by atomic mass is 16.4. The van der Waals surface area contributed by atoms with E-state index in [1.165, 1.54) is 4.90 Å². The average molecular weight is 299 g/mol. The Morgan fingerprint density at radius 2 is 1.95 bits per heavy atom. The van der Waals surface area contributed by atoms with Crippen molar-refractivity contribution in [3.05, 3.63) is 0 Å². The molecule has 0 aromatic carbocycles. The largest absolute Gasteiger partial charge is 0.480 e. The van der Waals surface area contributed by atoms with Gasteiger partial charge in [0, 0.05) is 19.5 Å². The summed E-state index contributed by atoms with van der Waals surface area (Å²) < 4.78 is 0. The normalized spacial score (nSPS) is 29.4. The first-order valence-electron chi connectivity index (χ1n) is 7.45. The fourth-order valence-electron chi connectivity index (χ4n) is 3.00. The number of likely N-dealkylation sites (tertiary alicyclic amines) is 2. The van der Waals surface area contributed by atoms with Gasteiger partial charge in [0.05, 0.1) is 6.10 Å². The van der Waals surface area contributed by atoms with Gasteiger partial charge in [0.2, 0.25) is 0 Å². The molecule has 0 saturated carbocycles. The highest BCUT2D eigenvalue weighted by molar-refractivity contribution is 5.83. The fraction of sp³-hybridized carbons (Fsp3) is 0.857. The van der Waals surface area contributed by atoms with Gasteiger partial charge in [0.1, 0.15) is 6.04 Å². The molecule has 2 fully saturated rings. The molecule has 0 spiro atoms. The molecule has 0 aliphatic carbocycles. The number of aliphatic hydroxyl groups excluding tert-OH is 1. The number of carboxylic acid groups (broad SMARTS) is 1. The Hall–Kier alpha value is -1.34. The number of carboxylic acids is 1. The van der Waals surface area contributed by atoms with Crippen LogP contribution < -0.4 is 5.32 Å². The lowest BCUT2D eigenvalue weighted by Crippen LogP contribution is -2.50. The summed E-state index contributed by atoms with van der Waals surface area (Å²) in [4.78, 5) is 26.8. The second-order valence-corrected chi connectivity index (χ2v) is 6.67. The van der Waals surface area contributed by atoms with Crippen molar-refractivity contribution in [2.45, 2.75) is 38.3 Å². The number of β-amino-alcohol motifs (C(OH)–C–C–N with tert-alkyl or cyclic N) is 1. The van der Waals surface area contributed by atoms with Gasteiger partial charge in [-0.3, -0.25) is 0 Å². The number of piperidine rings is 1. The lowest BCUT2D eigenvalue weighted by molar-refractivity contribution is -0.141. The number of nitrogens with zero attached hydrogens (tertiary/aromatic N) is 2. The Morgan fingerprint density at radius 1 is 1.33 bits per heavy atom. The number of nitrogens with one attached hydrogen (secondary N) is 1. The predicted octanol–water partition coefficient (Wildman–Crippen LogP) is -0.0523. The number of carbonyl (C=O) groups is 2. The highest BCUT2D eigenvalue weighted by Crippen LogP contribution is 2.29. The van der Waals surface area contributed by atoms with E-state index in [0.29, 0.717) is 6.54 Å². The van der Waals surface area contributed by atoms with Gasteiger partial charge in [0.15, 0.2) is 0 Å². The molecule has 3 N–H and O–H groups in total. The van der Waals surface area contributed by atoms with Gasteiger partial charge in [-0.2, -0.15) is 0 Å². The number of hydrogen-bond acceptors (Lipinski definition) is 4. The molecular formula is C14H25N3O4. The number of hydrogen-bond donors (Lipinski definition) is 3. The zero-order valence-electron chi connectivity index (χ0n) is 12.7.